The van der Waals surface area contributed by atoms with Gasteiger partial charge in [0.15, 0.2) is 0 Å². The highest BCUT2D eigenvalue weighted by atomic mass is 16.5. The summed E-state index contributed by atoms with van der Waals surface area (Å²) < 4.78 is 5.66. The third-order valence-electron chi connectivity index (χ3n) is 3.97. The molecule has 21 heavy (non-hydrogen) atoms. The molecule has 0 spiro atoms. The third-order valence-corrected chi connectivity index (χ3v) is 3.97. The molecule has 0 amide bonds. The van der Waals surface area contributed by atoms with E-state index < -0.39 is 0 Å². The van der Waals surface area contributed by atoms with Crippen LogP contribution in [0.25, 0.3) is 16.8 Å². The number of hydrogen-bond donors (Lipinski definition) is 0. The van der Waals surface area contributed by atoms with Gasteiger partial charge in [-0.15, -0.1) is 0 Å². The highest BCUT2D eigenvalue weighted by Gasteiger charge is 2.20. The molecule has 1 aliphatic rings. The van der Waals surface area contributed by atoms with E-state index in [-0.39, 0.29) is 12.1 Å². The molecule has 108 valence electrons. The van der Waals surface area contributed by atoms with E-state index in [0.717, 1.165) is 24.8 Å². The van der Waals surface area contributed by atoms with Crippen molar-refractivity contribution in [3.05, 3.63) is 53.6 Å². The quantitative estimate of drug-likeness (QED) is 0.567. The smallest absolute Gasteiger partial charge is 0.306 e. The fourth-order valence-electron chi connectivity index (χ4n) is 2.89. The van der Waals surface area contributed by atoms with Crippen molar-refractivity contribution in [2.45, 2.75) is 38.7 Å². The van der Waals surface area contributed by atoms with Crippen molar-refractivity contribution in [3.8, 4) is 0 Å². The zero-order chi connectivity index (χ0) is 14.7. The molecule has 2 nitrogen and oxygen atoms in total. The highest BCUT2D eigenvalue weighted by molar-refractivity contribution is 5.95. The topological polar surface area (TPSA) is 26.3 Å². The normalized spacial score (nSPS) is 16.1. The van der Waals surface area contributed by atoms with Gasteiger partial charge in [0.05, 0.1) is 0 Å². The van der Waals surface area contributed by atoms with Gasteiger partial charge in [0.1, 0.15) is 6.10 Å². The van der Waals surface area contributed by atoms with Crippen LogP contribution < -0.4 is 0 Å². The van der Waals surface area contributed by atoms with Crippen LogP contribution in [0.15, 0.2) is 42.5 Å². The van der Waals surface area contributed by atoms with Gasteiger partial charge in [-0.2, -0.15) is 0 Å². The number of esters is 1. The second kappa shape index (κ2) is 6.13. The van der Waals surface area contributed by atoms with Crippen molar-refractivity contribution in [1.29, 1.82) is 0 Å². The molecule has 1 atom stereocenters. The summed E-state index contributed by atoms with van der Waals surface area (Å²) in [7, 11) is 0. The molecule has 2 heteroatoms. The van der Waals surface area contributed by atoms with Crippen LogP contribution in [-0.4, -0.2) is 5.97 Å². The number of benzene rings is 2. The molecule has 1 aliphatic carbocycles. The standard InChI is InChI=1S/C19H20O2/c1-2-3-4-11-18(20)21-17-13-12-15-8-5-7-14-9-6-10-16(17)19(14)15/h5-10,12-13,17H,2-4,11H2,1H3. The third kappa shape index (κ3) is 2.85. The Hall–Kier alpha value is -2.09. The summed E-state index contributed by atoms with van der Waals surface area (Å²) in [6.45, 7) is 2.13. The Morgan fingerprint density at radius 2 is 1.95 bits per heavy atom. The van der Waals surface area contributed by atoms with Gasteiger partial charge in [-0.1, -0.05) is 62.2 Å². The summed E-state index contributed by atoms with van der Waals surface area (Å²) in [6.07, 6.45) is 7.39. The fraction of sp³-hybridized carbons (Fsp3) is 0.316. The number of hydrogen-bond acceptors (Lipinski definition) is 2. The molecule has 3 rings (SSSR count). The lowest BCUT2D eigenvalue weighted by molar-refractivity contribution is -0.147. The van der Waals surface area contributed by atoms with Gasteiger partial charge in [-0.05, 0) is 28.8 Å². The number of carbonyl (C=O) groups is 1. The second-order valence-corrected chi connectivity index (χ2v) is 5.52. The van der Waals surface area contributed by atoms with Crippen LogP contribution >= 0.6 is 0 Å². The molecule has 0 saturated carbocycles. The molecule has 2 aromatic rings. The first-order chi connectivity index (χ1) is 10.3. The first-order valence-electron chi connectivity index (χ1n) is 7.69. The van der Waals surface area contributed by atoms with E-state index in [2.05, 4.69) is 43.3 Å². The van der Waals surface area contributed by atoms with Crippen molar-refractivity contribution in [1.82, 2.24) is 0 Å². The van der Waals surface area contributed by atoms with Crippen molar-refractivity contribution in [3.63, 3.8) is 0 Å². The molecule has 2 aromatic carbocycles. The monoisotopic (exact) mass is 280 g/mol. The van der Waals surface area contributed by atoms with Gasteiger partial charge in [0, 0.05) is 12.0 Å². The SMILES string of the molecule is CCCCCC(=O)OC1C=Cc2cccc3cccc1c23. The minimum Gasteiger partial charge on any atom is -0.453 e. The van der Waals surface area contributed by atoms with Crippen molar-refractivity contribution < 1.29 is 9.53 Å². The van der Waals surface area contributed by atoms with Crippen molar-refractivity contribution in [2.24, 2.45) is 0 Å². The Morgan fingerprint density at radius 1 is 1.14 bits per heavy atom. The lowest BCUT2D eigenvalue weighted by Gasteiger charge is -2.21. The van der Waals surface area contributed by atoms with Gasteiger partial charge < -0.3 is 4.74 Å². The Kier molecular flexibility index (Phi) is 4.05. The summed E-state index contributed by atoms with van der Waals surface area (Å²) >= 11 is 0. The summed E-state index contributed by atoms with van der Waals surface area (Å²) in [6, 6.07) is 12.4. The molecule has 0 fully saturated rings. The van der Waals surface area contributed by atoms with E-state index in [1.54, 1.807) is 0 Å². The van der Waals surface area contributed by atoms with E-state index in [1.165, 1.54) is 16.3 Å². The van der Waals surface area contributed by atoms with Crippen LogP contribution in [0, 0.1) is 0 Å². The number of rotatable bonds is 5. The molecule has 1 unspecified atom stereocenters. The molecule has 0 heterocycles. The number of unbranched alkanes of at least 4 members (excludes halogenated alkanes) is 2. The van der Waals surface area contributed by atoms with Gasteiger partial charge in [0.25, 0.3) is 0 Å². The Balaban J connectivity index is 1.82. The van der Waals surface area contributed by atoms with E-state index in [9.17, 15) is 4.79 Å². The Morgan fingerprint density at radius 3 is 2.76 bits per heavy atom. The predicted octanol–water partition coefficient (Wildman–Crippen LogP) is 5.03. The summed E-state index contributed by atoms with van der Waals surface area (Å²) in [5.74, 6) is -0.102. The minimum absolute atomic E-state index is 0.102. The van der Waals surface area contributed by atoms with E-state index in [4.69, 9.17) is 4.74 Å². The van der Waals surface area contributed by atoms with Crippen LogP contribution in [0.5, 0.6) is 0 Å². The Labute approximate surface area is 125 Å². The summed E-state index contributed by atoms with van der Waals surface area (Å²) in [4.78, 5) is 12.0. The summed E-state index contributed by atoms with van der Waals surface area (Å²) in [5, 5.41) is 2.40. The maximum Gasteiger partial charge on any atom is 0.306 e. The molecule has 0 radical (unpaired) electrons. The highest BCUT2D eigenvalue weighted by Crippen LogP contribution is 2.35. The summed E-state index contributed by atoms with van der Waals surface area (Å²) in [5.41, 5.74) is 2.29. The van der Waals surface area contributed by atoms with Crippen LogP contribution in [0.2, 0.25) is 0 Å². The molecule has 0 saturated heterocycles. The maximum absolute atomic E-state index is 12.0. The average Bonchev–Trinajstić information content (AvgIpc) is 2.51. The van der Waals surface area contributed by atoms with Crippen LogP contribution in [0.3, 0.4) is 0 Å². The number of carbonyl (C=O) groups excluding carboxylic acids is 1. The molecular formula is C19H20O2. The molecule has 0 aliphatic heterocycles. The zero-order valence-corrected chi connectivity index (χ0v) is 12.3. The van der Waals surface area contributed by atoms with E-state index in [0.29, 0.717) is 6.42 Å². The molecule has 0 aromatic heterocycles. The first-order valence-corrected chi connectivity index (χ1v) is 7.69. The molecular weight excluding hydrogens is 260 g/mol. The maximum atomic E-state index is 12.0. The van der Waals surface area contributed by atoms with E-state index >= 15 is 0 Å². The van der Waals surface area contributed by atoms with Crippen LogP contribution in [0.4, 0.5) is 0 Å². The van der Waals surface area contributed by atoms with Gasteiger partial charge in [-0.3, -0.25) is 4.79 Å². The van der Waals surface area contributed by atoms with Crippen molar-refractivity contribution in [2.75, 3.05) is 0 Å². The Bertz CT molecular complexity index is 680. The average molecular weight is 280 g/mol. The lowest BCUT2D eigenvalue weighted by Crippen LogP contribution is -2.11. The van der Waals surface area contributed by atoms with Gasteiger partial charge in [0.2, 0.25) is 0 Å². The van der Waals surface area contributed by atoms with Gasteiger partial charge >= 0.3 is 5.97 Å². The van der Waals surface area contributed by atoms with Gasteiger partial charge in [-0.25, -0.2) is 0 Å². The minimum atomic E-state index is -0.252. The van der Waals surface area contributed by atoms with Crippen LogP contribution in [0.1, 0.15) is 49.8 Å². The number of ether oxygens (including phenoxy) is 1. The zero-order valence-electron chi connectivity index (χ0n) is 12.3. The largest absolute Gasteiger partial charge is 0.453 e. The predicted molar refractivity (Wildman–Crippen MR) is 86.0 cm³/mol. The van der Waals surface area contributed by atoms with E-state index in [1.807, 2.05) is 12.1 Å². The molecule has 0 N–H and O–H groups in total. The second-order valence-electron chi connectivity index (χ2n) is 5.52. The lowest BCUT2D eigenvalue weighted by atomic mass is 9.91. The van der Waals surface area contributed by atoms with Crippen molar-refractivity contribution >= 4 is 22.8 Å². The fourth-order valence-corrected chi connectivity index (χ4v) is 2.89. The first kappa shape index (κ1) is 13.9. The molecule has 0 bridgehead atoms. The van der Waals surface area contributed by atoms with Crippen LogP contribution in [-0.2, 0) is 9.53 Å².